The number of halogens is 6. The van der Waals surface area contributed by atoms with E-state index in [9.17, 15) is 21.6 Å². The molecule has 2 aromatic carbocycles. The Hall–Kier alpha value is -1.23. The van der Waals surface area contributed by atoms with Gasteiger partial charge in [0.15, 0.2) is 0 Å². The van der Waals surface area contributed by atoms with Crippen molar-refractivity contribution in [3.63, 3.8) is 0 Å². The molecule has 12 heteroatoms. The van der Waals surface area contributed by atoms with Crippen LogP contribution in [0.4, 0.5) is 13.2 Å². The minimum Gasteiger partial charge on any atom is -0.406 e. The minimum absolute atomic E-state index is 0.00795. The number of alkyl halides is 3. The third-order valence-electron chi connectivity index (χ3n) is 3.29. The third kappa shape index (κ3) is 6.41. The van der Waals surface area contributed by atoms with E-state index >= 15 is 0 Å². The van der Waals surface area contributed by atoms with Gasteiger partial charge in [-0.15, -0.1) is 13.2 Å². The lowest BCUT2D eigenvalue weighted by atomic mass is 10.1. The molecule has 0 saturated carbocycles. The summed E-state index contributed by atoms with van der Waals surface area (Å²) >= 11 is 17.3. The third-order valence-corrected chi connectivity index (χ3v) is 5.67. The predicted molar refractivity (Wildman–Crippen MR) is 96.5 cm³/mol. The largest absolute Gasteiger partial charge is 0.573 e. The van der Waals surface area contributed by atoms with Crippen molar-refractivity contribution in [1.29, 1.82) is 0 Å². The van der Waals surface area contributed by atoms with E-state index in [4.69, 9.17) is 35.0 Å². The normalized spacial score (nSPS) is 13.4. The average molecular weight is 464 g/mol. The van der Waals surface area contributed by atoms with Crippen molar-refractivity contribution in [1.82, 2.24) is 9.56 Å². The highest BCUT2D eigenvalue weighted by molar-refractivity contribution is 7.89. The molecule has 0 radical (unpaired) electrons. The molecule has 0 spiro atoms. The van der Waals surface area contributed by atoms with E-state index in [0.717, 1.165) is 24.3 Å². The number of benzene rings is 2. The van der Waals surface area contributed by atoms with Crippen LogP contribution >= 0.6 is 35.0 Å². The quantitative estimate of drug-likeness (QED) is 0.586. The summed E-state index contributed by atoms with van der Waals surface area (Å²) in [6.07, 6.45) is -4.87. The highest BCUT2D eigenvalue weighted by atomic mass is 35.5. The van der Waals surface area contributed by atoms with Crippen LogP contribution in [0.1, 0.15) is 11.6 Å². The summed E-state index contributed by atoms with van der Waals surface area (Å²) in [6.45, 7) is 0.00795. The molecule has 1 atom stereocenters. The van der Waals surface area contributed by atoms with E-state index in [0.29, 0.717) is 10.6 Å². The standard InChI is InChI=1S/C15H12Cl3F3N2O3S/c16-12-6-1-9(7-13(12)17)14(8-22-18)23-27(24,25)11-4-2-10(3-5-11)26-15(19,20)21/h1-7,14,22-23H,8H2. The van der Waals surface area contributed by atoms with Crippen LogP contribution in [-0.2, 0) is 10.0 Å². The summed E-state index contributed by atoms with van der Waals surface area (Å²) in [5.41, 5.74) is 0.484. The number of hydrogen-bond acceptors (Lipinski definition) is 4. The van der Waals surface area contributed by atoms with Crippen molar-refractivity contribution in [3.05, 3.63) is 58.1 Å². The second-order valence-electron chi connectivity index (χ2n) is 5.20. The first-order valence-electron chi connectivity index (χ1n) is 7.18. The molecular weight excluding hydrogens is 452 g/mol. The topological polar surface area (TPSA) is 67.4 Å². The predicted octanol–water partition coefficient (Wildman–Crippen LogP) is 4.66. The number of nitrogens with one attached hydrogen (secondary N) is 2. The lowest BCUT2D eigenvalue weighted by Crippen LogP contribution is -2.33. The number of sulfonamides is 1. The smallest absolute Gasteiger partial charge is 0.406 e. The van der Waals surface area contributed by atoms with E-state index in [-0.39, 0.29) is 16.5 Å². The molecule has 0 aliphatic rings. The summed E-state index contributed by atoms with van der Waals surface area (Å²) in [5.74, 6) is -0.537. The summed E-state index contributed by atoms with van der Waals surface area (Å²) < 4.78 is 67.8. The maximum absolute atomic E-state index is 12.5. The van der Waals surface area contributed by atoms with E-state index in [1.54, 1.807) is 6.07 Å². The fourth-order valence-electron chi connectivity index (χ4n) is 2.11. The number of hydrogen-bond donors (Lipinski definition) is 2. The molecule has 0 heterocycles. The minimum atomic E-state index is -4.87. The van der Waals surface area contributed by atoms with Gasteiger partial charge in [0.25, 0.3) is 0 Å². The van der Waals surface area contributed by atoms with Crippen molar-refractivity contribution >= 4 is 45.0 Å². The van der Waals surface area contributed by atoms with Crippen LogP contribution in [0, 0.1) is 0 Å². The van der Waals surface area contributed by atoms with Crippen LogP contribution in [0.25, 0.3) is 0 Å². The first-order chi connectivity index (χ1) is 12.5. The Bertz CT molecular complexity index is 893. The van der Waals surface area contributed by atoms with E-state index < -0.39 is 28.2 Å². The first-order valence-corrected chi connectivity index (χ1v) is 9.80. The average Bonchev–Trinajstić information content (AvgIpc) is 2.56. The maximum atomic E-state index is 12.5. The van der Waals surface area contributed by atoms with Gasteiger partial charge in [0.05, 0.1) is 21.0 Å². The molecule has 0 aromatic heterocycles. The van der Waals surface area contributed by atoms with E-state index in [2.05, 4.69) is 14.3 Å². The highest BCUT2D eigenvalue weighted by Crippen LogP contribution is 2.27. The molecule has 0 aliphatic heterocycles. The van der Waals surface area contributed by atoms with Crippen LogP contribution in [-0.4, -0.2) is 21.3 Å². The fraction of sp³-hybridized carbons (Fsp3) is 0.200. The molecule has 0 fully saturated rings. The summed E-state index contributed by atoms with van der Waals surface area (Å²) in [6, 6.07) is 7.51. The summed E-state index contributed by atoms with van der Waals surface area (Å²) in [5, 5.41) is 0.516. The second kappa shape index (κ2) is 8.85. The van der Waals surface area contributed by atoms with Gasteiger partial charge in [-0.25, -0.2) is 18.0 Å². The van der Waals surface area contributed by atoms with Gasteiger partial charge in [-0.3, -0.25) is 0 Å². The molecule has 1 unspecified atom stereocenters. The van der Waals surface area contributed by atoms with Gasteiger partial charge in [-0.1, -0.05) is 29.3 Å². The molecule has 2 aromatic rings. The molecule has 0 aliphatic carbocycles. The molecule has 0 amide bonds. The Kier molecular flexibility index (Phi) is 7.23. The zero-order chi connectivity index (χ0) is 20.2. The zero-order valence-corrected chi connectivity index (χ0v) is 16.3. The molecule has 27 heavy (non-hydrogen) atoms. The summed E-state index contributed by atoms with van der Waals surface area (Å²) in [7, 11) is -4.07. The van der Waals surface area contributed by atoms with Crippen molar-refractivity contribution < 1.29 is 26.3 Å². The Labute approximate surface area is 168 Å². The highest BCUT2D eigenvalue weighted by Gasteiger charge is 2.31. The first kappa shape index (κ1) is 22.1. The van der Waals surface area contributed by atoms with Gasteiger partial charge in [-0.2, -0.15) is 0 Å². The van der Waals surface area contributed by atoms with E-state index in [1.807, 2.05) is 0 Å². The van der Waals surface area contributed by atoms with Crippen LogP contribution in [0.2, 0.25) is 10.0 Å². The van der Waals surface area contributed by atoms with Crippen LogP contribution in [0.5, 0.6) is 5.75 Å². The number of rotatable bonds is 7. The van der Waals surface area contributed by atoms with E-state index in [1.165, 1.54) is 12.1 Å². The lowest BCUT2D eigenvalue weighted by Gasteiger charge is -2.19. The maximum Gasteiger partial charge on any atom is 0.573 e. The molecule has 2 N–H and O–H groups in total. The van der Waals surface area contributed by atoms with Gasteiger partial charge in [-0.05, 0) is 53.7 Å². The van der Waals surface area contributed by atoms with Crippen molar-refractivity contribution in [2.24, 2.45) is 0 Å². The van der Waals surface area contributed by atoms with Gasteiger partial charge in [0.1, 0.15) is 5.75 Å². The molecule has 148 valence electrons. The molecule has 0 saturated heterocycles. The van der Waals surface area contributed by atoms with Crippen molar-refractivity contribution in [2.45, 2.75) is 17.3 Å². The van der Waals surface area contributed by atoms with Gasteiger partial charge in [0.2, 0.25) is 10.0 Å². The Morgan fingerprint density at radius 1 is 1.04 bits per heavy atom. The Morgan fingerprint density at radius 2 is 1.67 bits per heavy atom. The van der Waals surface area contributed by atoms with Crippen LogP contribution in [0.3, 0.4) is 0 Å². The number of ether oxygens (including phenoxy) is 1. The monoisotopic (exact) mass is 462 g/mol. The Balaban J connectivity index is 2.24. The zero-order valence-electron chi connectivity index (χ0n) is 13.2. The summed E-state index contributed by atoms with van der Waals surface area (Å²) in [4.78, 5) is 2.08. The second-order valence-corrected chi connectivity index (χ2v) is 8.00. The van der Waals surface area contributed by atoms with Crippen molar-refractivity contribution in [2.75, 3.05) is 6.54 Å². The van der Waals surface area contributed by atoms with Crippen LogP contribution in [0.15, 0.2) is 47.4 Å². The SMILES string of the molecule is O=S(=O)(NC(CNCl)c1ccc(Cl)c(Cl)c1)c1ccc(OC(F)(F)F)cc1. The van der Waals surface area contributed by atoms with Crippen LogP contribution < -0.4 is 14.3 Å². The lowest BCUT2D eigenvalue weighted by molar-refractivity contribution is -0.274. The fourth-order valence-corrected chi connectivity index (χ4v) is 3.79. The molecule has 5 nitrogen and oxygen atoms in total. The molecule has 0 bridgehead atoms. The van der Waals surface area contributed by atoms with Gasteiger partial charge in [0, 0.05) is 6.54 Å². The van der Waals surface area contributed by atoms with Gasteiger partial charge < -0.3 is 4.74 Å². The molecular formula is C15H12Cl3F3N2O3S. The van der Waals surface area contributed by atoms with Crippen molar-refractivity contribution in [3.8, 4) is 5.75 Å². The Morgan fingerprint density at radius 3 is 2.19 bits per heavy atom. The van der Waals surface area contributed by atoms with Gasteiger partial charge >= 0.3 is 6.36 Å². The molecule has 2 rings (SSSR count).